The molecule has 1 aliphatic carbocycles. The Bertz CT molecular complexity index is 1470. The zero-order valence-corrected chi connectivity index (χ0v) is 23.5. The fraction of sp³-hybridized carbons (Fsp3) is 0.407. The molecule has 1 N–H and O–H groups in total. The van der Waals surface area contributed by atoms with Crippen LogP contribution in [0, 0.1) is 11.7 Å². The maximum Gasteiger partial charge on any atom is 0.435 e. The van der Waals surface area contributed by atoms with E-state index in [0.29, 0.717) is 0 Å². The van der Waals surface area contributed by atoms with Crippen molar-refractivity contribution in [1.29, 1.82) is 0 Å². The average molecular weight is 655 g/mol. The zero-order valence-electron chi connectivity index (χ0n) is 22.0. The van der Waals surface area contributed by atoms with Crippen molar-refractivity contribution in [3.8, 4) is 0 Å². The molecule has 1 saturated carbocycles. The van der Waals surface area contributed by atoms with E-state index >= 15 is 0 Å². The molecule has 1 aromatic carbocycles. The average Bonchev–Trinajstić information content (AvgIpc) is 3.35. The molecule has 0 saturated heterocycles. The number of aromatic nitrogens is 3. The van der Waals surface area contributed by atoms with E-state index in [0.717, 1.165) is 17.0 Å². The molecule has 232 valence electrons. The second-order valence-corrected chi connectivity index (χ2v) is 10.9. The van der Waals surface area contributed by atoms with Crippen LogP contribution in [0.3, 0.4) is 0 Å². The molecule has 0 unspecified atom stereocenters. The molecule has 0 radical (unpaired) electrons. The number of nitrogens with zero attached hydrogens (tertiary/aromatic N) is 4. The maximum atomic E-state index is 14.5. The quantitative estimate of drug-likeness (QED) is 0.255. The molecule has 1 amide bonds. The summed E-state index contributed by atoms with van der Waals surface area (Å²) in [5.74, 6) is -4.28. The highest BCUT2D eigenvalue weighted by Crippen LogP contribution is 2.44. The van der Waals surface area contributed by atoms with Crippen LogP contribution in [-0.2, 0) is 30.1 Å². The SMILES string of the molecule is O=C(c1c(C(F)(F)F)nn([C@H]2CC[C@H](C(=O)O)CC2)c1C(F)(F)F)N(CCc1c(Cl)cncc1Cl)Cc1ccc(F)cc1. The molecule has 1 fully saturated rings. The summed E-state index contributed by atoms with van der Waals surface area (Å²) < 4.78 is 100. The highest BCUT2D eigenvalue weighted by Gasteiger charge is 2.50. The van der Waals surface area contributed by atoms with E-state index in [1.807, 2.05) is 0 Å². The minimum Gasteiger partial charge on any atom is -0.481 e. The van der Waals surface area contributed by atoms with Gasteiger partial charge in [0.2, 0.25) is 0 Å². The van der Waals surface area contributed by atoms with Crippen molar-refractivity contribution in [2.45, 2.75) is 57.0 Å². The molecule has 16 heteroatoms. The molecular formula is C27H23Cl2F7N4O3. The van der Waals surface area contributed by atoms with E-state index in [9.17, 15) is 45.4 Å². The summed E-state index contributed by atoms with van der Waals surface area (Å²) in [5.41, 5.74) is -5.10. The minimum atomic E-state index is -5.45. The first-order valence-corrected chi connectivity index (χ1v) is 13.6. The van der Waals surface area contributed by atoms with E-state index in [1.165, 1.54) is 24.5 Å². The van der Waals surface area contributed by atoms with Crippen molar-refractivity contribution in [3.05, 3.63) is 80.6 Å². The van der Waals surface area contributed by atoms with E-state index in [1.54, 1.807) is 0 Å². The van der Waals surface area contributed by atoms with Crippen molar-refractivity contribution in [1.82, 2.24) is 19.7 Å². The number of carbonyl (C=O) groups excluding carboxylic acids is 1. The van der Waals surface area contributed by atoms with Gasteiger partial charge in [-0.25, -0.2) is 4.39 Å². The first-order chi connectivity index (χ1) is 20.1. The summed E-state index contributed by atoms with van der Waals surface area (Å²) >= 11 is 12.3. The Morgan fingerprint density at radius 1 is 0.953 bits per heavy atom. The number of alkyl halides is 6. The number of carbonyl (C=O) groups is 2. The van der Waals surface area contributed by atoms with Gasteiger partial charge in [0, 0.05) is 25.5 Å². The number of benzene rings is 1. The lowest BCUT2D eigenvalue weighted by atomic mass is 9.86. The molecule has 0 bridgehead atoms. The van der Waals surface area contributed by atoms with Crippen molar-refractivity contribution >= 4 is 35.1 Å². The molecule has 0 spiro atoms. The van der Waals surface area contributed by atoms with Crippen LogP contribution in [0.1, 0.15) is 64.6 Å². The second-order valence-electron chi connectivity index (χ2n) is 10.0. The van der Waals surface area contributed by atoms with Gasteiger partial charge in [0.05, 0.1) is 22.0 Å². The first-order valence-electron chi connectivity index (χ1n) is 12.9. The maximum absolute atomic E-state index is 14.5. The number of amides is 1. The van der Waals surface area contributed by atoms with Crippen LogP contribution in [0.2, 0.25) is 10.0 Å². The molecular weight excluding hydrogens is 632 g/mol. The topological polar surface area (TPSA) is 88.3 Å². The lowest BCUT2D eigenvalue weighted by Crippen LogP contribution is -2.35. The molecule has 1 aliphatic rings. The summed E-state index contributed by atoms with van der Waals surface area (Å²) in [6.45, 7) is -0.911. The third-order valence-electron chi connectivity index (χ3n) is 7.21. The fourth-order valence-corrected chi connectivity index (χ4v) is 5.64. The Hall–Kier alpha value is -3.39. The number of hydrogen-bond donors (Lipinski definition) is 1. The van der Waals surface area contributed by atoms with Gasteiger partial charge >= 0.3 is 18.3 Å². The lowest BCUT2D eigenvalue weighted by Gasteiger charge is -2.28. The summed E-state index contributed by atoms with van der Waals surface area (Å²) in [6.07, 6.45) is -9.11. The first kappa shape index (κ1) is 32.5. The number of carboxylic acid groups (broad SMARTS) is 1. The van der Waals surface area contributed by atoms with E-state index in [-0.39, 0.29) is 58.0 Å². The molecule has 0 aliphatic heterocycles. The lowest BCUT2D eigenvalue weighted by molar-refractivity contribution is -0.147. The van der Waals surface area contributed by atoms with Crippen LogP contribution in [0.5, 0.6) is 0 Å². The highest BCUT2D eigenvalue weighted by atomic mass is 35.5. The van der Waals surface area contributed by atoms with Crippen molar-refractivity contribution in [2.75, 3.05) is 6.54 Å². The largest absolute Gasteiger partial charge is 0.481 e. The molecule has 2 heterocycles. The zero-order chi connectivity index (χ0) is 31.7. The van der Waals surface area contributed by atoms with E-state index in [2.05, 4.69) is 10.1 Å². The van der Waals surface area contributed by atoms with Gasteiger partial charge in [-0.2, -0.15) is 31.4 Å². The molecule has 3 aromatic rings. The Labute approximate surface area is 250 Å². The van der Waals surface area contributed by atoms with Crippen LogP contribution in [-0.4, -0.2) is 43.2 Å². The van der Waals surface area contributed by atoms with Gasteiger partial charge in [0.1, 0.15) is 11.4 Å². The standard InChI is InChI=1S/C27H23Cl2F7N4O3/c28-19-11-37-12-20(29)18(19)9-10-39(13-14-1-5-16(30)6-2-14)24(41)21-22(26(31,32)33)38-40(23(21)27(34,35)36)17-7-3-15(4-8-17)25(42)43/h1-2,5-6,11-12,15,17H,3-4,7-10,13H2,(H,42,43)/t15-,17-. The summed E-state index contributed by atoms with van der Waals surface area (Å²) in [5, 5.41) is 12.7. The normalized spacial score (nSPS) is 17.6. The molecule has 2 aromatic heterocycles. The van der Waals surface area contributed by atoms with Gasteiger partial charge < -0.3 is 10.0 Å². The molecule has 0 atom stereocenters. The Balaban J connectivity index is 1.81. The monoisotopic (exact) mass is 654 g/mol. The Morgan fingerprint density at radius 2 is 1.53 bits per heavy atom. The molecule has 43 heavy (non-hydrogen) atoms. The van der Waals surface area contributed by atoms with Gasteiger partial charge in [-0.05, 0) is 55.4 Å². The predicted octanol–water partition coefficient (Wildman–Crippen LogP) is 7.46. The van der Waals surface area contributed by atoms with Crippen molar-refractivity contribution < 1.29 is 45.4 Å². The van der Waals surface area contributed by atoms with Crippen LogP contribution in [0.25, 0.3) is 0 Å². The van der Waals surface area contributed by atoms with Crippen LogP contribution in [0.15, 0.2) is 36.7 Å². The summed E-state index contributed by atoms with van der Waals surface area (Å²) in [7, 11) is 0. The smallest absolute Gasteiger partial charge is 0.435 e. The summed E-state index contributed by atoms with van der Waals surface area (Å²) in [4.78, 5) is 29.7. The number of hydrogen-bond acceptors (Lipinski definition) is 4. The Morgan fingerprint density at radius 3 is 2.05 bits per heavy atom. The van der Waals surface area contributed by atoms with Gasteiger partial charge in [0.15, 0.2) is 11.4 Å². The third-order valence-corrected chi connectivity index (χ3v) is 7.86. The number of halogens is 9. The van der Waals surface area contributed by atoms with Crippen LogP contribution >= 0.6 is 23.2 Å². The van der Waals surface area contributed by atoms with Crippen molar-refractivity contribution in [3.63, 3.8) is 0 Å². The number of pyridine rings is 1. The third kappa shape index (κ3) is 7.40. The second kappa shape index (κ2) is 12.7. The van der Waals surface area contributed by atoms with Gasteiger partial charge in [0.25, 0.3) is 5.91 Å². The van der Waals surface area contributed by atoms with Gasteiger partial charge in [-0.1, -0.05) is 35.3 Å². The molecule has 7 nitrogen and oxygen atoms in total. The molecule has 4 rings (SSSR count). The van der Waals surface area contributed by atoms with Crippen molar-refractivity contribution in [2.24, 2.45) is 5.92 Å². The van der Waals surface area contributed by atoms with Gasteiger partial charge in [-0.15, -0.1) is 0 Å². The van der Waals surface area contributed by atoms with Crippen LogP contribution in [0.4, 0.5) is 30.7 Å². The number of rotatable bonds is 8. The summed E-state index contributed by atoms with van der Waals surface area (Å²) in [6, 6.07) is 3.31. The Kier molecular flexibility index (Phi) is 9.60. The van der Waals surface area contributed by atoms with Gasteiger partial charge in [-0.3, -0.25) is 19.3 Å². The number of aliphatic carboxylic acids is 1. The van der Waals surface area contributed by atoms with E-state index < -0.39 is 72.0 Å². The van der Waals surface area contributed by atoms with Crippen LogP contribution < -0.4 is 0 Å². The minimum absolute atomic E-state index is 0.0680. The number of carboxylic acids is 1. The highest BCUT2D eigenvalue weighted by molar-refractivity contribution is 6.35. The van der Waals surface area contributed by atoms with E-state index in [4.69, 9.17) is 23.2 Å². The fourth-order valence-electron chi connectivity index (χ4n) is 5.08. The predicted molar refractivity (Wildman–Crippen MR) is 140 cm³/mol.